The zero-order valence-electron chi connectivity index (χ0n) is 19.4. The number of carbonyl (C=O) groups is 5. The lowest BCUT2D eigenvalue weighted by molar-refractivity contribution is -0.138. The van der Waals surface area contributed by atoms with Crippen LogP contribution in [0.1, 0.15) is 11.1 Å². The summed E-state index contributed by atoms with van der Waals surface area (Å²) in [5.74, 6) is -3.72. The van der Waals surface area contributed by atoms with E-state index in [9.17, 15) is 29.1 Å². The lowest BCUT2D eigenvalue weighted by Gasteiger charge is -2.19. The molecule has 12 heteroatoms. The molecule has 36 heavy (non-hydrogen) atoms. The minimum Gasteiger partial charge on any atom is -0.508 e. The number of hydrogen-bond acceptors (Lipinski definition) is 7. The number of amides is 4. The molecule has 0 bridgehead atoms. The van der Waals surface area contributed by atoms with Crippen molar-refractivity contribution in [2.24, 2.45) is 5.73 Å². The van der Waals surface area contributed by atoms with Gasteiger partial charge in [-0.25, -0.2) is 0 Å². The highest BCUT2D eigenvalue weighted by molar-refractivity contribution is 5.93. The summed E-state index contributed by atoms with van der Waals surface area (Å²) in [5, 5.41) is 27.4. The molecule has 0 spiro atoms. The first-order chi connectivity index (χ1) is 17.1. The Bertz CT molecular complexity index is 1060. The van der Waals surface area contributed by atoms with Crippen LogP contribution in [-0.4, -0.2) is 71.5 Å². The Balaban J connectivity index is 1.90. The number of phenolic OH excluding ortho intramolecular Hbond substituents is 1. The van der Waals surface area contributed by atoms with E-state index in [2.05, 4.69) is 21.3 Å². The average Bonchev–Trinajstić information content (AvgIpc) is 2.86. The minimum atomic E-state index is -1.23. The topological polar surface area (TPSA) is 200 Å². The van der Waals surface area contributed by atoms with Gasteiger partial charge in [-0.15, -0.1) is 0 Å². The van der Waals surface area contributed by atoms with E-state index in [4.69, 9.17) is 10.8 Å². The number of benzene rings is 2. The number of carboxylic acid groups (broad SMARTS) is 1. The molecule has 192 valence electrons. The van der Waals surface area contributed by atoms with Gasteiger partial charge in [0.2, 0.25) is 23.6 Å². The van der Waals surface area contributed by atoms with Crippen molar-refractivity contribution in [2.45, 2.75) is 24.9 Å². The van der Waals surface area contributed by atoms with Gasteiger partial charge in [0.05, 0.1) is 19.1 Å². The van der Waals surface area contributed by atoms with E-state index < -0.39 is 61.3 Å². The van der Waals surface area contributed by atoms with Gasteiger partial charge in [-0.3, -0.25) is 24.0 Å². The van der Waals surface area contributed by atoms with E-state index in [1.54, 1.807) is 42.5 Å². The fraction of sp³-hybridized carbons (Fsp3) is 0.292. The molecular formula is C24H29N5O7. The molecule has 0 fully saturated rings. The first kappa shape index (κ1) is 27.8. The van der Waals surface area contributed by atoms with Crippen molar-refractivity contribution in [2.75, 3.05) is 19.6 Å². The predicted molar refractivity (Wildman–Crippen MR) is 129 cm³/mol. The van der Waals surface area contributed by atoms with Crippen LogP contribution in [0.3, 0.4) is 0 Å². The second-order valence-electron chi connectivity index (χ2n) is 7.89. The maximum atomic E-state index is 12.7. The smallest absolute Gasteiger partial charge is 0.322 e. The fourth-order valence-electron chi connectivity index (χ4n) is 3.11. The number of nitrogens with one attached hydrogen (secondary N) is 4. The molecule has 0 unspecified atom stereocenters. The Morgan fingerprint density at radius 3 is 1.94 bits per heavy atom. The number of nitrogens with two attached hydrogens (primary N) is 1. The molecule has 0 radical (unpaired) electrons. The zero-order chi connectivity index (χ0) is 26.5. The number of hydrogen-bond donors (Lipinski definition) is 7. The van der Waals surface area contributed by atoms with Gasteiger partial charge in [-0.2, -0.15) is 0 Å². The number of rotatable bonds is 13. The lowest BCUT2D eigenvalue weighted by atomic mass is 10.0. The van der Waals surface area contributed by atoms with E-state index >= 15 is 0 Å². The summed E-state index contributed by atoms with van der Waals surface area (Å²) < 4.78 is 0. The van der Waals surface area contributed by atoms with Crippen LogP contribution in [0.2, 0.25) is 0 Å². The van der Waals surface area contributed by atoms with Crippen LogP contribution in [0.25, 0.3) is 0 Å². The van der Waals surface area contributed by atoms with Gasteiger partial charge in [0.25, 0.3) is 0 Å². The molecule has 2 atom stereocenters. The third kappa shape index (κ3) is 10.2. The predicted octanol–water partition coefficient (Wildman–Crippen LogP) is -1.58. The Morgan fingerprint density at radius 2 is 1.31 bits per heavy atom. The Labute approximate surface area is 207 Å². The molecule has 0 aromatic heterocycles. The van der Waals surface area contributed by atoms with Crippen molar-refractivity contribution in [1.82, 2.24) is 21.3 Å². The van der Waals surface area contributed by atoms with E-state index in [1.807, 2.05) is 0 Å². The number of phenols is 1. The number of carbonyl (C=O) groups excluding carboxylic acids is 4. The minimum absolute atomic E-state index is 0.0865. The molecule has 0 saturated heterocycles. The van der Waals surface area contributed by atoms with Crippen molar-refractivity contribution >= 4 is 29.6 Å². The summed E-state index contributed by atoms with van der Waals surface area (Å²) in [7, 11) is 0. The summed E-state index contributed by atoms with van der Waals surface area (Å²) in [6, 6.07) is 13.1. The molecule has 0 heterocycles. The number of aromatic hydroxyl groups is 1. The molecule has 12 nitrogen and oxygen atoms in total. The molecule has 4 amide bonds. The van der Waals surface area contributed by atoms with Crippen molar-refractivity contribution < 1.29 is 34.2 Å². The maximum absolute atomic E-state index is 12.7. The lowest BCUT2D eigenvalue weighted by Crippen LogP contribution is -2.53. The molecule has 0 aliphatic rings. The molecular weight excluding hydrogens is 470 g/mol. The van der Waals surface area contributed by atoms with Crippen molar-refractivity contribution in [3.05, 3.63) is 65.7 Å². The highest BCUT2D eigenvalue weighted by Crippen LogP contribution is 2.11. The second-order valence-corrected chi connectivity index (χ2v) is 7.89. The first-order valence-corrected chi connectivity index (χ1v) is 11.0. The molecule has 0 aliphatic heterocycles. The molecule has 0 aliphatic carbocycles. The Morgan fingerprint density at radius 1 is 0.722 bits per heavy atom. The van der Waals surface area contributed by atoms with Crippen LogP contribution in [0.15, 0.2) is 54.6 Å². The second kappa shape index (κ2) is 14.1. The number of aliphatic carboxylic acids is 1. The van der Waals surface area contributed by atoms with Crippen LogP contribution < -0.4 is 27.0 Å². The van der Waals surface area contributed by atoms with Gasteiger partial charge in [0.15, 0.2) is 0 Å². The quantitative estimate of drug-likeness (QED) is 0.171. The summed E-state index contributed by atoms with van der Waals surface area (Å²) in [6.45, 7) is -1.50. The van der Waals surface area contributed by atoms with E-state index in [0.717, 1.165) is 11.1 Å². The Hall–Kier alpha value is -4.45. The highest BCUT2D eigenvalue weighted by atomic mass is 16.4. The van der Waals surface area contributed by atoms with E-state index in [1.165, 1.54) is 12.1 Å². The van der Waals surface area contributed by atoms with Gasteiger partial charge < -0.3 is 37.2 Å². The normalized spacial score (nSPS) is 12.0. The van der Waals surface area contributed by atoms with Gasteiger partial charge in [-0.1, -0.05) is 42.5 Å². The third-order valence-electron chi connectivity index (χ3n) is 4.95. The SMILES string of the molecule is N[C@@H](Cc1ccc(O)cc1)C(=O)NCC(=O)N[C@H](Cc1ccccc1)C(=O)NCC(=O)NCC(=O)O. The molecule has 2 aromatic rings. The van der Waals surface area contributed by atoms with Gasteiger partial charge in [0.1, 0.15) is 18.3 Å². The molecule has 0 saturated carbocycles. The van der Waals surface area contributed by atoms with Crippen LogP contribution in [0, 0.1) is 0 Å². The average molecular weight is 500 g/mol. The standard InChI is InChI=1S/C24H29N5O7/c25-18(10-16-6-8-17(30)9-7-16)23(35)27-13-21(32)29-19(11-15-4-2-1-3-5-15)24(36)28-12-20(31)26-14-22(33)34/h1-9,18-19,30H,10-14,25H2,(H,26,31)(H,27,35)(H,28,36)(H,29,32)(H,33,34)/t18-,19+/m0/s1. The monoisotopic (exact) mass is 499 g/mol. The number of carboxylic acids is 1. The Kier molecular flexibility index (Phi) is 10.9. The molecule has 8 N–H and O–H groups in total. The zero-order valence-corrected chi connectivity index (χ0v) is 19.4. The van der Waals surface area contributed by atoms with Crippen LogP contribution >= 0.6 is 0 Å². The van der Waals surface area contributed by atoms with Crippen molar-refractivity contribution in [3.8, 4) is 5.75 Å². The third-order valence-corrected chi connectivity index (χ3v) is 4.95. The van der Waals surface area contributed by atoms with Crippen molar-refractivity contribution in [3.63, 3.8) is 0 Å². The fourth-order valence-corrected chi connectivity index (χ4v) is 3.11. The van der Waals surface area contributed by atoms with Gasteiger partial charge >= 0.3 is 5.97 Å². The maximum Gasteiger partial charge on any atom is 0.322 e. The molecule has 2 rings (SSSR count). The van der Waals surface area contributed by atoms with E-state index in [-0.39, 0.29) is 18.6 Å². The van der Waals surface area contributed by atoms with Crippen LogP contribution in [0.4, 0.5) is 0 Å². The van der Waals surface area contributed by atoms with Crippen LogP contribution in [0.5, 0.6) is 5.75 Å². The summed E-state index contributed by atoms with van der Waals surface area (Å²) in [5.41, 5.74) is 7.36. The summed E-state index contributed by atoms with van der Waals surface area (Å²) >= 11 is 0. The first-order valence-electron chi connectivity index (χ1n) is 11.0. The van der Waals surface area contributed by atoms with Crippen LogP contribution in [-0.2, 0) is 36.8 Å². The highest BCUT2D eigenvalue weighted by Gasteiger charge is 2.23. The van der Waals surface area contributed by atoms with Gasteiger partial charge in [0, 0.05) is 6.42 Å². The largest absolute Gasteiger partial charge is 0.508 e. The van der Waals surface area contributed by atoms with E-state index in [0.29, 0.717) is 0 Å². The van der Waals surface area contributed by atoms with Gasteiger partial charge in [-0.05, 0) is 29.7 Å². The van der Waals surface area contributed by atoms with Crippen molar-refractivity contribution in [1.29, 1.82) is 0 Å². The summed E-state index contributed by atoms with van der Waals surface area (Å²) in [4.78, 5) is 59.6. The molecule has 2 aromatic carbocycles. The summed E-state index contributed by atoms with van der Waals surface area (Å²) in [6.07, 6.45) is 0.306.